The molecule has 0 saturated heterocycles. The van der Waals surface area contributed by atoms with E-state index in [2.05, 4.69) is 60.5 Å². The zero-order valence-electron chi connectivity index (χ0n) is 15.1. The summed E-state index contributed by atoms with van der Waals surface area (Å²) in [5, 5.41) is 4.80. The van der Waals surface area contributed by atoms with Crippen LogP contribution < -0.4 is 4.74 Å². The monoisotopic (exact) mass is 345 g/mol. The van der Waals surface area contributed by atoms with E-state index in [0.717, 1.165) is 44.0 Å². The van der Waals surface area contributed by atoms with Gasteiger partial charge in [0.1, 0.15) is 5.75 Å². The summed E-state index contributed by atoms with van der Waals surface area (Å²) in [6.45, 7) is 5.10. The minimum atomic E-state index is 0.373. The fraction of sp³-hybridized carbons (Fsp3) is 0.318. The second-order valence-corrected chi connectivity index (χ2v) is 7.24. The Balaban J connectivity index is 1.38. The molecule has 0 unspecified atom stereocenters. The first-order chi connectivity index (χ1) is 12.8. The molecule has 26 heavy (non-hydrogen) atoms. The van der Waals surface area contributed by atoms with Crippen LogP contribution in [-0.2, 0) is 19.4 Å². The molecule has 1 atom stereocenters. The van der Waals surface area contributed by atoms with Crippen molar-refractivity contribution in [2.45, 2.75) is 32.4 Å². The smallest absolute Gasteiger partial charge is 0.122 e. The number of ether oxygens (including phenoxy) is 1. The van der Waals surface area contributed by atoms with E-state index in [0.29, 0.717) is 6.04 Å². The second-order valence-electron chi connectivity index (χ2n) is 7.24. The van der Waals surface area contributed by atoms with Crippen LogP contribution >= 0.6 is 0 Å². The number of nitrogens with zero attached hydrogens (tertiary/aromatic N) is 3. The molecular formula is C22H23N3O. The molecule has 0 amide bonds. The van der Waals surface area contributed by atoms with Gasteiger partial charge in [0.15, 0.2) is 0 Å². The number of aromatic nitrogens is 2. The van der Waals surface area contributed by atoms with E-state index in [1.54, 1.807) is 0 Å². The summed E-state index contributed by atoms with van der Waals surface area (Å²) in [5.41, 5.74) is 6.37. The van der Waals surface area contributed by atoms with Crippen molar-refractivity contribution in [2.75, 3.05) is 13.2 Å². The molecule has 4 heteroatoms. The van der Waals surface area contributed by atoms with Gasteiger partial charge in [0, 0.05) is 43.7 Å². The first kappa shape index (κ1) is 15.6. The van der Waals surface area contributed by atoms with Crippen LogP contribution in [0.25, 0.3) is 5.69 Å². The van der Waals surface area contributed by atoms with E-state index in [9.17, 15) is 0 Å². The Labute approximate surface area is 154 Å². The minimum absolute atomic E-state index is 0.373. The SMILES string of the molecule is C[C@@H](c1ccc2c(c1)OCC2)N1CCc2nn(-c3ccccc3)cc2C1. The van der Waals surface area contributed by atoms with Crippen molar-refractivity contribution in [1.82, 2.24) is 14.7 Å². The molecule has 1 aromatic heterocycles. The lowest BCUT2D eigenvalue weighted by Crippen LogP contribution is -2.32. The summed E-state index contributed by atoms with van der Waals surface area (Å²) in [7, 11) is 0. The highest BCUT2D eigenvalue weighted by atomic mass is 16.5. The van der Waals surface area contributed by atoms with Crippen LogP contribution in [0.4, 0.5) is 0 Å². The first-order valence-corrected chi connectivity index (χ1v) is 9.40. The Morgan fingerprint density at radius 2 is 1.92 bits per heavy atom. The number of para-hydroxylation sites is 1. The van der Waals surface area contributed by atoms with E-state index < -0.39 is 0 Å². The maximum Gasteiger partial charge on any atom is 0.122 e. The summed E-state index contributed by atoms with van der Waals surface area (Å²) >= 11 is 0. The largest absolute Gasteiger partial charge is 0.493 e. The Bertz CT molecular complexity index is 932. The molecule has 132 valence electrons. The number of rotatable bonds is 3. The minimum Gasteiger partial charge on any atom is -0.493 e. The Morgan fingerprint density at radius 1 is 1.04 bits per heavy atom. The molecule has 5 rings (SSSR count). The van der Waals surface area contributed by atoms with Gasteiger partial charge in [-0.2, -0.15) is 5.10 Å². The van der Waals surface area contributed by atoms with Gasteiger partial charge < -0.3 is 4.74 Å². The lowest BCUT2D eigenvalue weighted by atomic mass is 10.0. The van der Waals surface area contributed by atoms with Crippen molar-refractivity contribution in [2.24, 2.45) is 0 Å². The van der Waals surface area contributed by atoms with E-state index in [-0.39, 0.29) is 0 Å². The molecule has 0 fully saturated rings. The highest BCUT2D eigenvalue weighted by Gasteiger charge is 2.25. The van der Waals surface area contributed by atoms with Crippen LogP contribution in [0.2, 0.25) is 0 Å². The number of hydrogen-bond acceptors (Lipinski definition) is 3. The van der Waals surface area contributed by atoms with E-state index in [4.69, 9.17) is 9.84 Å². The summed E-state index contributed by atoms with van der Waals surface area (Å²) in [4.78, 5) is 2.54. The molecule has 0 spiro atoms. The molecule has 3 aromatic rings. The van der Waals surface area contributed by atoms with Crippen molar-refractivity contribution in [3.05, 3.63) is 77.1 Å². The molecular weight excluding hydrogens is 322 g/mol. The molecule has 0 saturated carbocycles. The topological polar surface area (TPSA) is 30.3 Å². The number of hydrogen-bond donors (Lipinski definition) is 0. The first-order valence-electron chi connectivity index (χ1n) is 9.40. The zero-order chi connectivity index (χ0) is 17.5. The molecule has 0 radical (unpaired) electrons. The van der Waals surface area contributed by atoms with E-state index >= 15 is 0 Å². The fourth-order valence-electron chi connectivity index (χ4n) is 4.03. The fourth-order valence-corrected chi connectivity index (χ4v) is 4.03. The third kappa shape index (κ3) is 2.71. The summed E-state index contributed by atoms with van der Waals surface area (Å²) < 4.78 is 7.77. The third-order valence-corrected chi connectivity index (χ3v) is 5.66. The molecule has 2 aromatic carbocycles. The van der Waals surface area contributed by atoms with Gasteiger partial charge in [-0.05, 0) is 36.2 Å². The van der Waals surface area contributed by atoms with Crippen molar-refractivity contribution in [1.29, 1.82) is 0 Å². The van der Waals surface area contributed by atoms with Crippen molar-refractivity contribution >= 4 is 0 Å². The standard InChI is InChI=1S/C22H23N3O/c1-16(18-8-7-17-10-12-26-22(17)13-18)24-11-9-21-19(14-24)15-25(23-21)20-5-3-2-4-6-20/h2-8,13,15-16H,9-12,14H2,1H3/t16-/m0/s1. The number of fused-ring (bicyclic) bond motifs is 2. The Kier molecular flexibility index (Phi) is 3.79. The predicted octanol–water partition coefficient (Wildman–Crippen LogP) is 3.93. The zero-order valence-corrected chi connectivity index (χ0v) is 15.1. The summed E-state index contributed by atoms with van der Waals surface area (Å²) in [5.74, 6) is 1.07. The molecule has 0 aliphatic carbocycles. The van der Waals surface area contributed by atoms with Gasteiger partial charge in [-0.3, -0.25) is 4.90 Å². The Hall–Kier alpha value is -2.59. The van der Waals surface area contributed by atoms with Crippen LogP contribution in [0.1, 0.15) is 35.3 Å². The quantitative estimate of drug-likeness (QED) is 0.721. The van der Waals surface area contributed by atoms with Gasteiger partial charge in [-0.25, -0.2) is 4.68 Å². The van der Waals surface area contributed by atoms with Crippen LogP contribution in [0.5, 0.6) is 5.75 Å². The maximum absolute atomic E-state index is 5.75. The molecule has 2 aliphatic rings. The molecule has 2 aliphatic heterocycles. The number of benzene rings is 2. The predicted molar refractivity (Wildman–Crippen MR) is 102 cm³/mol. The van der Waals surface area contributed by atoms with Crippen molar-refractivity contribution < 1.29 is 4.74 Å². The van der Waals surface area contributed by atoms with Gasteiger partial charge in [-0.1, -0.05) is 30.3 Å². The Morgan fingerprint density at radius 3 is 2.81 bits per heavy atom. The van der Waals surface area contributed by atoms with Crippen LogP contribution in [0, 0.1) is 0 Å². The maximum atomic E-state index is 5.75. The van der Waals surface area contributed by atoms with Crippen LogP contribution in [0.3, 0.4) is 0 Å². The molecule has 0 bridgehead atoms. The van der Waals surface area contributed by atoms with Gasteiger partial charge in [0.2, 0.25) is 0 Å². The van der Waals surface area contributed by atoms with Gasteiger partial charge >= 0.3 is 0 Å². The lowest BCUT2D eigenvalue weighted by molar-refractivity contribution is 0.191. The van der Waals surface area contributed by atoms with Gasteiger partial charge in [0.25, 0.3) is 0 Å². The van der Waals surface area contributed by atoms with Crippen molar-refractivity contribution in [3.8, 4) is 11.4 Å². The molecule has 0 N–H and O–H groups in total. The van der Waals surface area contributed by atoms with E-state index in [1.165, 1.54) is 22.4 Å². The average Bonchev–Trinajstić information content (AvgIpc) is 3.33. The van der Waals surface area contributed by atoms with Gasteiger partial charge in [0.05, 0.1) is 18.0 Å². The second kappa shape index (κ2) is 6.29. The van der Waals surface area contributed by atoms with Crippen molar-refractivity contribution in [3.63, 3.8) is 0 Å². The summed E-state index contributed by atoms with van der Waals surface area (Å²) in [6, 6.07) is 17.5. The average molecular weight is 345 g/mol. The van der Waals surface area contributed by atoms with Gasteiger partial charge in [-0.15, -0.1) is 0 Å². The highest BCUT2D eigenvalue weighted by molar-refractivity contribution is 5.41. The highest BCUT2D eigenvalue weighted by Crippen LogP contribution is 2.32. The third-order valence-electron chi connectivity index (χ3n) is 5.66. The summed E-state index contributed by atoms with van der Waals surface area (Å²) in [6.07, 6.45) is 4.23. The molecule has 3 heterocycles. The normalized spacial score (nSPS) is 17.4. The lowest BCUT2D eigenvalue weighted by Gasteiger charge is -2.32. The van der Waals surface area contributed by atoms with Crippen LogP contribution in [0.15, 0.2) is 54.7 Å². The van der Waals surface area contributed by atoms with Crippen LogP contribution in [-0.4, -0.2) is 27.8 Å². The van der Waals surface area contributed by atoms with E-state index in [1.807, 2.05) is 10.7 Å². The molecule has 4 nitrogen and oxygen atoms in total.